The number of hydrogen-bond acceptors (Lipinski definition) is 3. The first-order valence-corrected chi connectivity index (χ1v) is 11.4. The van der Waals surface area contributed by atoms with E-state index in [0.29, 0.717) is 23.6 Å². The van der Waals surface area contributed by atoms with Crippen molar-refractivity contribution in [3.05, 3.63) is 82.9 Å². The third-order valence-electron chi connectivity index (χ3n) is 5.22. The Bertz CT molecular complexity index is 1120. The van der Waals surface area contributed by atoms with Crippen LogP contribution in [0.3, 0.4) is 0 Å². The molecule has 1 atom stereocenters. The van der Waals surface area contributed by atoms with Crippen LogP contribution >= 0.6 is 11.6 Å². The van der Waals surface area contributed by atoms with E-state index in [1.54, 1.807) is 29.2 Å². The molecule has 1 unspecified atom stereocenters. The Morgan fingerprint density at radius 3 is 2.43 bits per heavy atom. The third-order valence-corrected chi connectivity index (χ3v) is 7.22. The van der Waals surface area contributed by atoms with Crippen LogP contribution < -0.4 is 0 Å². The van der Waals surface area contributed by atoms with Crippen LogP contribution in [0.25, 0.3) is 10.8 Å². The van der Waals surface area contributed by atoms with Crippen LogP contribution in [0.1, 0.15) is 22.3 Å². The van der Waals surface area contributed by atoms with Gasteiger partial charge in [-0.3, -0.25) is 4.79 Å². The molecule has 1 heterocycles. The van der Waals surface area contributed by atoms with E-state index in [1.165, 1.54) is 0 Å². The van der Waals surface area contributed by atoms with Gasteiger partial charge in [0.15, 0.2) is 9.84 Å². The van der Waals surface area contributed by atoms with E-state index in [9.17, 15) is 13.2 Å². The van der Waals surface area contributed by atoms with Crippen LogP contribution in [0.2, 0.25) is 5.02 Å². The maximum atomic E-state index is 13.3. The van der Waals surface area contributed by atoms with Gasteiger partial charge in [0.05, 0.1) is 11.5 Å². The Morgan fingerprint density at radius 1 is 1.00 bits per heavy atom. The summed E-state index contributed by atoms with van der Waals surface area (Å²) < 4.78 is 24.1. The van der Waals surface area contributed by atoms with E-state index in [-0.39, 0.29) is 23.5 Å². The number of rotatable bonds is 4. The van der Waals surface area contributed by atoms with E-state index in [0.717, 1.165) is 16.3 Å². The molecule has 144 valence electrons. The molecule has 0 saturated carbocycles. The summed E-state index contributed by atoms with van der Waals surface area (Å²) in [5.41, 5.74) is 1.51. The van der Waals surface area contributed by atoms with Crippen LogP contribution in [-0.4, -0.2) is 36.8 Å². The molecule has 1 amide bonds. The molecule has 1 aliphatic rings. The minimum atomic E-state index is -3.11. The fraction of sp³-hybridized carbons (Fsp3) is 0.227. The average molecular weight is 414 g/mol. The lowest BCUT2D eigenvalue weighted by Crippen LogP contribution is -2.40. The van der Waals surface area contributed by atoms with E-state index < -0.39 is 9.84 Å². The first-order chi connectivity index (χ1) is 13.4. The highest BCUT2D eigenvalue weighted by molar-refractivity contribution is 7.91. The number of nitrogens with zero attached hydrogens (tertiary/aromatic N) is 1. The Morgan fingerprint density at radius 2 is 1.71 bits per heavy atom. The quantitative estimate of drug-likeness (QED) is 0.640. The van der Waals surface area contributed by atoms with Gasteiger partial charge in [0.1, 0.15) is 0 Å². The van der Waals surface area contributed by atoms with E-state index in [1.807, 2.05) is 42.5 Å². The maximum absolute atomic E-state index is 13.3. The topological polar surface area (TPSA) is 54.5 Å². The molecule has 28 heavy (non-hydrogen) atoms. The number of fused-ring (bicyclic) bond motifs is 1. The molecule has 0 aromatic heterocycles. The lowest BCUT2D eigenvalue weighted by molar-refractivity contribution is 0.0682. The molecule has 4 nitrogen and oxygen atoms in total. The Kier molecular flexibility index (Phi) is 5.13. The van der Waals surface area contributed by atoms with Gasteiger partial charge in [0.2, 0.25) is 0 Å². The normalized spacial score (nSPS) is 18.2. The highest BCUT2D eigenvalue weighted by Gasteiger charge is 2.35. The fourth-order valence-electron chi connectivity index (χ4n) is 3.76. The number of sulfone groups is 1. The summed E-state index contributed by atoms with van der Waals surface area (Å²) in [6.07, 6.45) is 0.465. The summed E-state index contributed by atoms with van der Waals surface area (Å²) >= 11 is 5.95. The highest BCUT2D eigenvalue weighted by Crippen LogP contribution is 2.26. The van der Waals surface area contributed by atoms with Crippen molar-refractivity contribution in [2.24, 2.45) is 0 Å². The zero-order valence-electron chi connectivity index (χ0n) is 15.2. The molecule has 3 aromatic rings. The lowest BCUT2D eigenvalue weighted by atomic mass is 10.0. The minimum absolute atomic E-state index is 0.0110. The first-order valence-electron chi connectivity index (χ1n) is 9.16. The lowest BCUT2D eigenvalue weighted by Gasteiger charge is -2.29. The number of carbonyl (C=O) groups excluding carboxylic acids is 1. The van der Waals surface area contributed by atoms with Crippen molar-refractivity contribution < 1.29 is 13.2 Å². The predicted molar refractivity (Wildman–Crippen MR) is 112 cm³/mol. The summed E-state index contributed by atoms with van der Waals surface area (Å²) in [5, 5.41) is 2.72. The average Bonchev–Trinajstić information content (AvgIpc) is 3.05. The van der Waals surface area contributed by atoms with Gasteiger partial charge in [0, 0.05) is 23.2 Å². The van der Waals surface area contributed by atoms with Gasteiger partial charge in [-0.25, -0.2) is 8.42 Å². The minimum Gasteiger partial charge on any atom is -0.330 e. The summed E-state index contributed by atoms with van der Waals surface area (Å²) in [6, 6.07) is 20.4. The molecule has 1 fully saturated rings. The van der Waals surface area contributed by atoms with Crippen molar-refractivity contribution in [3.63, 3.8) is 0 Å². The zero-order valence-corrected chi connectivity index (χ0v) is 16.8. The third kappa shape index (κ3) is 3.91. The molecule has 1 aliphatic heterocycles. The molecule has 3 aromatic carbocycles. The zero-order chi connectivity index (χ0) is 19.7. The predicted octanol–water partition coefficient (Wildman–Crippen LogP) is 4.32. The number of benzene rings is 3. The van der Waals surface area contributed by atoms with Crippen molar-refractivity contribution in [2.45, 2.75) is 19.0 Å². The molecule has 4 rings (SSSR count). The van der Waals surface area contributed by atoms with Gasteiger partial charge < -0.3 is 4.90 Å². The van der Waals surface area contributed by atoms with E-state index in [2.05, 4.69) is 0 Å². The molecule has 0 aliphatic carbocycles. The second-order valence-electron chi connectivity index (χ2n) is 7.14. The standard InChI is InChI=1S/C22H20ClNO3S/c23-19-10-8-17(9-11-19)22(25)24(20-12-13-28(26,27)15-20)14-18-6-3-5-16-4-1-2-7-21(16)18/h1-11,20H,12-15H2. The van der Waals surface area contributed by atoms with Gasteiger partial charge >= 0.3 is 0 Å². The Balaban J connectivity index is 1.72. The molecule has 0 radical (unpaired) electrons. The van der Waals surface area contributed by atoms with Crippen LogP contribution in [0.4, 0.5) is 0 Å². The molecule has 6 heteroatoms. The van der Waals surface area contributed by atoms with E-state index in [4.69, 9.17) is 11.6 Å². The van der Waals surface area contributed by atoms with Crippen LogP contribution in [-0.2, 0) is 16.4 Å². The molecule has 0 N–H and O–H groups in total. The summed E-state index contributed by atoms with van der Waals surface area (Å²) in [5.74, 6) is -0.0407. The van der Waals surface area contributed by atoms with Crippen LogP contribution in [0.15, 0.2) is 66.7 Å². The Hall–Kier alpha value is -2.37. The number of amides is 1. The second-order valence-corrected chi connectivity index (χ2v) is 9.80. The monoisotopic (exact) mass is 413 g/mol. The number of hydrogen-bond donors (Lipinski definition) is 0. The smallest absolute Gasteiger partial charge is 0.254 e. The van der Waals surface area contributed by atoms with Crippen molar-refractivity contribution in [1.82, 2.24) is 4.90 Å². The highest BCUT2D eigenvalue weighted by atomic mass is 35.5. The summed E-state index contributed by atoms with van der Waals surface area (Å²) in [4.78, 5) is 15.0. The SMILES string of the molecule is O=C(c1ccc(Cl)cc1)N(Cc1cccc2ccccc12)C1CCS(=O)(=O)C1. The van der Waals surface area contributed by atoms with Gasteiger partial charge in [-0.2, -0.15) is 0 Å². The maximum Gasteiger partial charge on any atom is 0.254 e. The van der Waals surface area contributed by atoms with Crippen molar-refractivity contribution in [2.75, 3.05) is 11.5 Å². The van der Waals surface area contributed by atoms with Crippen molar-refractivity contribution >= 4 is 38.1 Å². The first kappa shape index (κ1) is 19.0. The van der Waals surface area contributed by atoms with Gasteiger partial charge in [-0.1, -0.05) is 54.1 Å². The van der Waals surface area contributed by atoms with Crippen LogP contribution in [0.5, 0.6) is 0 Å². The van der Waals surface area contributed by atoms with Crippen LogP contribution in [0, 0.1) is 0 Å². The Labute approximate surface area is 169 Å². The summed E-state index contributed by atoms with van der Waals surface area (Å²) in [6.45, 7) is 0.364. The number of halogens is 1. The van der Waals surface area contributed by atoms with Crippen molar-refractivity contribution in [3.8, 4) is 0 Å². The van der Waals surface area contributed by atoms with E-state index >= 15 is 0 Å². The number of carbonyl (C=O) groups is 1. The summed E-state index contributed by atoms with van der Waals surface area (Å²) in [7, 11) is -3.11. The van der Waals surface area contributed by atoms with Gasteiger partial charge in [0.25, 0.3) is 5.91 Å². The van der Waals surface area contributed by atoms with Gasteiger partial charge in [-0.15, -0.1) is 0 Å². The second kappa shape index (κ2) is 7.57. The molecular formula is C22H20ClNO3S. The molecule has 1 saturated heterocycles. The van der Waals surface area contributed by atoms with Gasteiger partial charge in [-0.05, 0) is 47.0 Å². The van der Waals surface area contributed by atoms with Crippen molar-refractivity contribution in [1.29, 1.82) is 0 Å². The fourth-order valence-corrected chi connectivity index (χ4v) is 5.62. The molecule has 0 bridgehead atoms. The largest absolute Gasteiger partial charge is 0.330 e. The molecular weight excluding hydrogens is 394 g/mol. The molecule has 0 spiro atoms.